The summed E-state index contributed by atoms with van der Waals surface area (Å²) < 4.78 is 8.60. The molecular weight excluding hydrogens is 194 g/mol. The molecule has 0 heterocycles. The molecule has 0 aromatic carbocycles. The molecule has 0 spiro atoms. The molecule has 0 amide bonds. The van der Waals surface area contributed by atoms with Crippen LogP contribution in [0.15, 0.2) is 0 Å². The van der Waals surface area contributed by atoms with Gasteiger partial charge >= 0.3 is 0 Å². The SMILES string of the molecule is CC(C)N(C)[SiH2]N[SiH2]N(C)C(C)C. The lowest BCUT2D eigenvalue weighted by Gasteiger charge is -2.25. The van der Waals surface area contributed by atoms with E-state index in [1.807, 2.05) is 0 Å². The van der Waals surface area contributed by atoms with Gasteiger partial charge < -0.3 is 13.8 Å². The molecule has 0 aliphatic carbocycles. The van der Waals surface area contributed by atoms with Crippen LogP contribution in [0.4, 0.5) is 0 Å². The molecule has 0 aliphatic heterocycles. The minimum Gasteiger partial charge on any atom is -0.345 e. The van der Waals surface area contributed by atoms with E-state index < -0.39 is 0 Å². The molecule has 0 aromatic heterocycles. The van der Waals surface area contributed by atoms with Crippen LogP contribution in [0.1, 0.15) is 27.7 Å². The molecule has 5 heteroatoms. The predicted octanol–water partition coefficient (Wildman–Crippen LogP) is -0.746. The molecule has 80 valence electrons. The summed E-state index contributed by atoms with van der Waals surface area (Å²) in [5, 5.41) is 0. The van der Waals surface area contributed by atoms with E-state index in [0.717, 1.165) is 0 Å². The molecule has 0 atom stereocenters. The fourth-order valence-corrected chi connectivity index (χ4v) is 4.72. The second kappa shape index (κ2) is 6.72. The Labute approximate surface area is 87.8 Å². The van der Waals surface area contributed by atoms with Crippen molar-refractivity contribution in [2.24, 2.45) is 0 Å². The normalized spacial score (nSPS) is 14.3. The molecule has 0 aliphatic rings. The fraction of sp³-hybridized carbons (Fsp3) is 1.00. The van der Waals surface area contributed by atoms with Gasteiger partial charge in [-0.25, -0.2) is 0 Å². The van der Waals surface area contributed by atoms with Crippen molar-refractivity contribution in [3.8, 4) is 0 Å². The Balaban J connectivity index is 3.45. The number of nitrogens with one attached hydrogen (secondary N) is 1. The molecule has 0 saturated carbocycles. The van der Waals surface area contributed by atoms with Gasteiger partial charge in [0.25, 0.3) is 0 Å². The third kappa shape index (κ3) is 6.39. The van der Waals surface area contributed by atoms with E-state index in [9.17, 15) is 0 Å². The maximum atomic E-state index is 3.68. The summed E-state index contributed by atoms with van der Waals surface area (Å²) in [4.78, 5) is 0. The third-order valence-corrected chi connectivity index (χ3v) is 6.73. The first kappa shape index (κ1) is 13.3. The molecule has 0 rings (SSSR count). The number of hydrogen-bond donors (Lipinski definition) is 1. The molecular formula is C8H25N3Si2. The van der Waals surface area contributed by atoms with Gasteiger partial charge in [0, 0.05) is 0 Å². The average Bonchev–Trinajstić information content (AvgIpc) is 2.03. The highest BCUT2D eigenvalue weighted by molar-refractivity contribution is 6.47. The van der Waals surface area contributed by atoms with Crippen LogP contribution >= 0.6 is 0 Å². The second-order valence-corrected chi connectivity index (χ2v) is 8.90. The monoisotopic (exact) mass is 219 g/mol. The first-order valence-corrected chi connectivity index (χ1v) is 7.74. The van der Waals surface area contributed by atoms with Crippen LogP contribution in [0, 0.1) is 0 Å². The molecule has 0 aromatic rings. The average molecular weight is 219 g/mol. The maximum Gasteiger partial charge on any atom is 0.164 e. The summed E-state index contributed by atoms with van der Waals surface area (Å²) in [5.41, 5.74) is 0. The summed E-state index contributed by atoms with van der Waals surface area (Å²) in [7, 11) is 4.07. The summed E-state index contributed by atoms with van der Waals surface area (Å²) in [5.74, 6) is 0. The number of nitrogens with zero attached hydrogens (tertiary/aromatic N) is 2. The van der Waals surface area contributed by atoms with Gasteiger partial charge in [0.05, 0.1) is 0 Å². The Hall–Kier alpha value is 0.314. The lowest BCUT2D eigenvalue weighted by Crippen LogP contribution is -2.47. The molecule has 0 fully saturated rings. The van der Waals surface area contributed by atoms with Gasteiger partial charge in [-0.2, -0.15) is 0 Å². The van der Waals surface area contributed by atoms with Crippen molar-refractivity contribution in [3.05, 3.63) is 0 Å². The minimum atomic E-state index is -0.183. The predicted molar refractivity (Wildman–Crippen MR) is 66.0 cm³/mol. The van der Waals surface area contributed by atoms with Gasteiger partial charge in [-0.3, -0.25) is 0 Å². The molecule has 13 heavy (non-hydrogen) atoms. The lowest BCUT2D eigenvalue weighted by atomic mass is 10.4. The van der Waals surface area contributed by atoms with Crippen LogP contribution in [0.3, 0.4) is 0 Å². The Kier molecular flexibility index (Phi) is 6.88. The van der Waals surface area contributed by atoms with Gasteiger partial charge in [0.15, 0.2) is 19.7 Å². The highest BCUT2D eigenvalue weighted by atomic mass is 28.3. The van der Waals surface area contributed by atoms with Crippen molar-refractivity contribution in [2.75, 3.05) is 14.1 Å². The minimum absolute atomic E-state index is 0.183. The standard InChI is InChI=1S/C8H25N3Si2/c1-7(2)10(5)12-9-13-11(6)8(3)4/h7-9H,12-13H2,1-6H3. The van der Waals surface area contributed by atoms with Crippen LogP contribution in [-0.4, -0.2) is 55.0 Å². The van der Waals surface area contributed by atoms with E-state index in [1.54, 1.807) is 0 Å². The van der Waals surface area contributed by atoms with Crippen molar-refractivity contribution >= 4 is 19.7 Å². The van der Waals surface area contributed by atoms with E-state index in [2.05, 4.69) is 55.6 Å². The summed E-state index contributed by atoms with van der Waals surface area (Å²) in [6, 6.07) is 1.38. The highest BCUT2D eigenvalue weighted by Gasteiger charge is 2.05. The van der Waals surface area contributed by atoms with E-state index in [0.29, 0.717) is 12.1 Å². The molecule has 0 unspecified atom stereocenters. The summed E-state index contributed by atoms with van der Waals surface area (Å²) in [6.45, 7) is 9.01. The van der Waals surface area contributed by atoms with Crippen LogP contribution in [-0.2, 0) is 0 Å². The van der Waals surface area contributed by atoms with Crippen molar-refractivity contribution in [1.82, 2.24) is 13.8 Å². The van der Waals surface area contributed by atoms with Gasteiger partial charge in [0.1, 0.15) is 0 Å². The second-order valence-electron chi connectivity index (χ2n) is 4.27. The van der Waals surface area contributed by atoms with Crippen molar-refractivity contribution in [2.45, 2.75) is 39.8 Å². The molecule has 0 bridgehead atoms. The number of hydrogen-bond acceptors (Lipinski definition) is 3. The Morgan fingerprint density at radius 2 is 1.15 bits per heavy atom. The zero-order valence-corrected chi connectivity index (χ0v) is 12.8. The largest absolute Gasteiger partial charge is 0.345 e. The Morgan fingerprint density at radius 1 is 0.846 bits per heavy atom. The van der Waals surface area contributed by atoms with Gasteiger partial charge in [-0.1, -0.05) is 27.7 Å². The van der Waals surface area contributed by atoms with E-state index >= 15 is 0 Å². The van der Waals surface area contributed by atoms with Crippen LogP contribution in [0.25, 0.3) is 0 Å². The van der Waals surface area contributed by atoms with Crippen molar-refractivity contribution in [3.63, 3.8) is 0 Å². The van der Waals surface area contributed by atoms with Gasteiger partial charge in [0.2, 0.25) is 0 Å². The van der Waals surface area contributed by atoms with E-state index in [4.69, 9.17) is 0 Å². The molecule has 0 saturated heterocycles. The topological polar surface area (TPSA) is 18.5 Å². The quantitative estimate of drug-likeness (QED) is 0.594. The molecule has 1 N–H and O–H groups in total. The summed E-state index contributed by atoms with van der Waals surface area (Å²) >= 11 is 0. The summed E-state index contributed by atoms with van der Waals surface area (Å²) in [6.07, 6.45) is 0. The van der Waals surface area contributed by atoms with Crippen LogP contribution in [0.2, 0.25) is 0 Å². The lowest BCUT2D eigenvalue weighted by molar-refractivity contribution is 0.427. The Morgan fingerprint density at radius 3 is 1.38 bits per heavy atom. The highest BCUT2D eigenvalue weighted by Crippen LogP contribution is 1.90. The first-order chi connectivity index (χ1) is 5.95. The van der Waals surface area contributed by atoms with Crippen molar-refractivity contribution < 1.29 is 0 Å². The fourth-order valence-electron chi connectivity index (χ4n) is 0.768. The van der Waals surface area contributed by atoms with E-state index in [1.165, 1.54) is 0 Å². The Bertz CT molecular complexity index is 117. The zero-order chi connectivity index (χ0) is 10.4. The number of rotatable bonds is 6. The molecule has 3 nitrogen and oxygen atoms in total. The van der Waals surface area contributed by atoms with E-state index in [-0.39, 0.29) is 19.7 Å². The maximum absolute atomic E-state index is 3.68. The van der Waals surface area contributed by atoms with Gasteiger partial charge in [-0.05, 0) is 26.2 Å². The van der Waals surface area contributed by atoms with Gasteiger partial charge in [-0.15, -0.1) is 0 Å². The van der Waals surface area contributed by atoms with Crippen LogP contribution < -0.4 is 4.65 Å². The zero-order valence-electron chi connectivity index (χ0n) is 9.96. The smallest absolute Gasteiger partial charge is 0.164 e. The van der Waals surface area contributed by atoms with Crippen molar-refractivity contribution in [1.29, 1.82) is 0 Å². The van der Waals surface area contributed by atoms with Crippen LogP contribution in [0.5, 0.6) is 0 Å². The first-order valence-electron chi connectivity index (χ1n) is 5.06. The molecule has 0 radical (unpaired) electrons. The third-order valence-electron chi connectivity index (χ3n) is 2.49.